The number of Topliss-reactive ketones (excluding diaryl/α,β-unsaturated/α-hetero) is 1. The highest BCUT2D eigenvalue weighted by Crippen LogP contribution is 2.27. The lowest BCUT2D eigenvalue weighted by Gasteiger charge is -2.18. The van der Waals surface area contributed by atoms with E-state index in [1.165, 1.54) is 12.1 Å². The summed E-state index contributed by atoms with van der Waals surface area (Å²) in [4.78, 5) is 13.2. The SMILES string of the molecule is O=C(CO)c1ccc(N2CC[C@@H](O)C2)cc1O. The van der Waals surface area contributed by atoms with Gasteiger partial charge >= 0.3 is 0 Å². The Hall–Kier alpha value is -1.59. The van der Waals surface area contributed by atoms with E-state index in [-0.39, 0.29) is 17.4 Å². The molecule has 1 aromatic carbocycles. The Labute approximate surface area is 98.9 Å². The fourth-order valence-corrected chi connectivity index (χ4v) is 2.01. The Morgan fingerprint density at radius 2 is 2.24 bits per heavy atom. The van der Waals surface area contributed by atoms with Crippen LogP contribution in [0.2, 0.25) is 0 Å². The van der Waals surface area contributed by atoms with E-state index in [4.69, 9.17) is 5.11 Å². The van der Waals surface area contributed by atoms with Gasteiger partial charge in [0, 0.05) is 24.8 Å². The van der Waals surface area contributed by atoms with Crippen LogP contribution in [-0.4, -0.2) is 46.9 Å². The molecule has 1 heterocycles. The van der Waals surface area contributed by atoms with Crippen LogP contribution in [-0.2, 0) is 0 Å². The van der Waals surface area contributed by atoms with E-state index in [1.54, 1.807) is 6.07 Å². The molecule has 2 rings (SSSR count). The van der Waals surface area contributed by atoms with Crippen molar-refractivity contribution in [3.05, 3.63) is 23.8 Å². The molecule has 17 heavy (non-hydrogen) atoms. The predicted octanol–water partition coefficient (Wildman–Crippen LogP) is 0.138. The van der Waals surface area contributed by atoms with E-state index in [0.717, 1.165) is 12.2 Å². The fraction of sp³-hybridized carbons (Fsp3) is 0.417. The molecule has 0 aromatic heterocycles. The zero-order valence-electron chi connectivity index (χ0n) is 9.33. The molecule has 0 bridgehead atoms. The van der Waals surface area contributed by atoms with E-state index in [2.05, 4.69) is 0 Å². The number of carbonyl (C=O) groups is 1. The number of hydrogen-bond donors (Lipinski definition) is 3. The highest BCUT2D eigenvalue weighted by atomic mass is 16.3. The third-order valence-electron chi connectivity index (χ3n) is 2.95. The van der Waals surface area contributed by atoms with Gasteiger partial charge in [0.05, 0.1) is 11.7 Å². The number of ketones is 1. The average molecular weight is 237 g/mol. The summed E-state index contributed by atoms with van der Waals surface area (Å²) < 4.78 is 0. The zero-order chi connectivity index (χ0) is 12.4. The molecule has 0 radical (unpaired) electrons. The molecule has 1 aliphatic rings. The monoisotopic (exact) mass is 237 g/mol. The molecular weight excluding hydrogens is 222 g/mol. The molecule has 1 fully saturated rings. The Balaban J connectivity index is 2.22. The van der Waals surface area contributed by atoms with Crippen molar-refractivity contribution < 1.29 is 20.1 Å². The van der Waals surface area contributed by atoms with Crippen LogP contribution in [0.5, 0.6) is 5.75 Å². The van der Waals surface area contributed by atoms with Gasteiger partial charge in [0.1, 0.15) is 12.4 Å². The summed E-state index contributed by atoms with van der Waals surface area (Å²) in [6.07, 6.45) is 0.369. The summed E-state index contributed by atoms with van der Waals surface area (Å²) in [6, 6.07) is 4.69. The van der Waals surface area contributed by atoms with E-state index in [1.807, 2.05) is 4.90 Å². The number of nitrogens with zero attached hydrogens (tertiary/aromatic N) is 1. The number of carbonyl (C=O) groups excluding carboxylic acids is 1. The highest BCUT2D eigenvalue weighted by Gasteiger charge is 2.21. The number of rotatable bonds is 3. The van der Waals surface area contributed by atoms with Crippen molar-refractivity contribution in [1.82, 2.24) is 0 Å². The van der Waals surface area contributed by atoms with Gasteiger partial charge in [-0.3, -0.25) is 4.79 Å². The zero-order valence-corrected chi connectivity index (χ0v) is 9.33. The van der Waals surface area contributed by atoms with Crippen LogP contribution in [0.25, 0.3) is 0 Å². The van der Waals surface area contributed by atoms with Crippen molar-refractivity contribution in [2.75, 3.05) is 24.6 Å². The normalized spacial score (nSPS) is 19.6. The summed E-state index contributed by atoms with van der Waals surface area (Å²) in [6.45, 7) is 0.649. The quantitative estimate of drug-likeness (QED) is 0.651. The first kappa shape index (κ1) is 11.9. The van der Waals surface area contributed by atoms with Crippen LogP contribution < -0.4 is 4.90 Å². The standard InChI is InChI=1S/C12H15NO4/c14-7-12(17)10-2-1-8(5-11(10)16)13-4-3-9(15)6-13/h1-2,5,9,14-16H,3-4,6-7H2/t9-/m1/s1. The molecule has 92 valence electrons. The summed E-state index contributed by atoms with van der Waals surface area (Å²) in [7, 11) is 0. The smallest absolute Gasteiger partial charge is 0.191 e. The summed E-state index contributed by atoms with van der Waals surface area (Å²) in [5.41, 5.74) is 0.893. The second-order valence-electron chi connectivity index (χ2n) is 4.17. The molecule has 0 saturated carbocycles. The summed E-state index contributed by atoms with van der Waals surface area (Å²) in [5.74, 6) is -0.640. The third-order valence-corrected chi connectivity index (χ3v) is 2.95. The first-order valence-electron chi connectivity index (χ1n) is 5.52. The summed E-state index contributed by atoms with van der Waals surface area (Å²) in [5, 5.41) is 27.8. The molecule has 5 nitrogen and oxygen atoms in total. The fourth-order valence-electron chi connectivity index (χ4n) is 2.01. The van der Waals surface area contributed by atoms with Crippen molar-refractivity contribution in [3.8, 4) is 5.75 Å². The molecule has 1 atom stereocenters. The molecule has 0 spiro atoms. The number of β-amino-alcohol motifs (C(OH)–C–C–N with tert-alkyl or cyclic N) is 1. The predicted molar refractivity (Wildman–Crippen MR) is 62.4 cm³/mol. The van der Waals surface area contributed by atoms with E-state index >= 15 is 0 Å². The van der Waals surface area contributed by atoms with Gasteiger partial charge in [-0.15, -0.1) is 0 Å². The lowest BCUT2D eigenvalue weighted by molar-refractivity contribution is 0.0901. The molecule has 1 aliphatic heterocycles. The number of aliphatic hydroxyl groups is 2. The number of phenols is 1. The number of aromatic hydroxyl groups is 1. The van der Waals surface area contributed by atoms with Gasteiger partial charge in [-0.25, -0.2) is 0 Å². The van der Waals surface area contributed by atoms with Gasteiger partial charge < -0.3 is 20.2 Å². The number of anilines is 1. The Morgan fingerprint density at radius 1 is 1.47 bits per heavy atom. The van der Waals surface area contributed by atoms with Crippen molar-refractivity contribution in [3.63, 3.8) is 0 Å². The minimum atomic E-state index is -0.616. The van der Waals surface area contributed by atoms with Crippen molar-refractivity contribution in [1.29, 1.82) is 0 Å². The molecular formula is C12H15NO4. The Kier molecular flexibility index (Phi) is 3.31. The van der Waals surface area contributed by atoms with Crippen molar-refractivity contribution >= 4 is 11.5 Å². The molecule has 5 heteroatoms. The van der Waals surface area contributed by atoms with E-state index < -0.39 is 12.4 Å². The number of hydrogen-bond acceptors (Lipinski definition) is 5. The van der Waals surface area contributed by atoms with Gasteiger partial charge in [-0.2, -0.15) is 0 Å². The Bertz CT molecular complexity index is 433. The minimum absolute atomic E-state index is 0.121. The Morgan fingerprint density at radius 3 is 2.76 bits per heavy atom. The first-order chi connectivity index (χ1) is 8.11. The second kappa shape index (κ2) is 4.73. The van der Waals surface area contributed by atoms with E-state index in [0.29, 0.717) is 13.0 Å². The summed E-state index contributed by atoms with van der Waals surface area (Å²) >= 11 is 0. The molecule has 1 saturated heterocycles. The van der Waals surface area contributed by atoms with Gasteiger partial charge in [-0.05, 0) is 18.6 Å². The number of aliphatic hydroxyl groups excluding tert-OH is 2. The van der Waals surface area contributed by atoms with Crippen LogP contribution in [0.1, 0.15) is 16.8 Å². The largest absolute Gasteiger partial charge is 0.507 e. The molecule has 1 aromatic rings. The van der Waals surface area contributed by atoms with Gasteiger partial charge in [0.15, 0.2) is 5.78 Å². The average Bonchev–Trinajstić information content (AvgIpc) is 2.75. The maximum absolute atomic E-state index is 11.3. The van der Waals surface area contributed by atoms with Gasteiger partial charge in [0.2, 0.25) is 0 Å². The molecule has 3 N–H and O–H groups in total. The molecule has 0 unspecified atom stereocenters. The van der Waals surface area contributed by atoms with Gasteiger partial charge in [0.25, 0.3) is 0 Å². The third kappa shape index (κ3) is 2.40. The van der Waals surface area contributed by atoms with Crippen LogP contribution in [0.15, 0.2) is 18.2 Å². The number of benzene rings is 1. The van der Waals surface area contributed by atoms with Crippen LogP contribution in [0.3, 0.4) is 0 Å². The first-order valence-corrected chi connectivity index (χ1v) is 5.52. The lowest BCUT2D eigenvalue weighted by atomic mass is 10.1. The molecule has 0 aliphatic carbocycles. The topological polar surface area (TPSA) is 81.0 Å². The van der Waals surface area contributed by atoms with Crippen LogP contribution >= 0.6 is 0 Å². The second-order valence-corrected chi connectivity index (χ2v) is 4.17. The van der Waals surface area contributed by atoms with Crippen LogP contribution in [0, 0.1) is 0 Å². The van der Waals surface area contributed by atoms with Gasteiger partial charge in [-0.1, -0.05) is 0 Å². The minimum Gasteiger partial charge on any atom is -0.507 e. The highest BCUT2D eigenvalue weighted by molar-refractivity contribution is 5.99. The maximum atomic E-state index is 11.3. The van der Waals surface area contributed by atoms with E-state index in [9.17, 15) is 15.0 Å². The lowest BCUT2D eigenvalue weighted by Crippen LogP contribution is -2.21. The maximum Gasteiger partial charge on any atom is 0.191 e. The van der Waals surface area contributed by atoms with Crippen LogP contribution in [0.4, 0.5) is 5.69 Å². The molecule has 0 amide bonds. The van der Waals surface area contributed by atoms with Crippen molar-refractivity contribution in [2.45, 2.75) is 12.5 Å². The van der Waals surface area contributed by atoms with Crippen molar-refractivity contribution in [2.24, 2.45) is 0 Å². The number of phenolic OH excluding ortho intramolecular Hbond substituents is 1.